The maximum absolute atomic E-state index is 10.1. The van der Waals surface area contributed by atoms with Gasteiger partial charge in [-0.3, -0.25) is 0 Å². The van der Waals surface area contributed by atoms with Gasteiger partial charge in [-0.05, 0) is 49.3 Å². The molecule has 2 rings (SSSR count). The molecule has 0 heterocycles. The molecule has 0 amide bonds. The van der Waals surface area contributed by atoms with Crippen LogP contribution in [0, 0.1) is 6.92 Å². The van der Waals surface area contributed by atoms with Crippen LogP contribution >= 0.6 is 0 Å². The summed E-state index contributed by atoms with van der Waals surface area (Å²) < 4.78 is 0. The molecule has 0 aliphatic rings. The van der Waals surface area contributed by atoms with Crippen LogP contribution in [0.15, 0.2) is 54.6 Å². The Kier molecular flexibility index (Phi) is 5.17. The van der Waals surface area contributed by atoms with E-state index in [-0.39, 0.29) is 6.10 Å². The average Bonchev–Trinajstić information content (AvgIpc) is 2.43. The van der Waals surface area contributed by atoms with E-state index in [1.807, 2.05) is 18.2 Å². The lowest BCUT2D eigenvalue weighted by molar-refractivity contribution is 0.162. The summed E-state index contributed by atoms with van der Waals surface area (Å²) in [6.45, 7) is 2.10. The second-order valence-electron chi connectivity index (χ2n) is 5.16. The summed E-state index contributed by atoms with van der Waals surface area (Å²) in [5.74, 6) is 0. The van der Waals surface area contributed by atoms with E-state index in [2.05, 4.69) is 43.3 Å². The molecule has 0 radical (unpaired) electrons. The molecule has 2 aromatic carbocycles. The Labute approximate surface area is 115 Å². The molecule has 0 fully saturated rings. The molecule has 2 aromatic rings. The van der Waals surface area contributed by atoms with Crippen LogP contribution in [-0.2, 0) is 12.8 Å². The third kappa shape index (κ3) is 4.53. The SMILES string of the molecule is Cc1ccccc1CC(O)CCCc1ccccc1. The van der Waals surface area contributed by atoms with Crippen LogP contribution in [0.1, 0.15) is 29.5 Å². The van der Waals surface area contributed by atoms with Crippen LogP contribution in [0.25, 0.3) is 0 Å². The molecule has 1 nitrogen and oxygen atoms in total. The summed E-state index contributed by atoms with van der Waals surface area (Å²) >= 11 is 0. The van der Waals surface area contributed by atoms with Crippen molar-refractivity contribution in [3.05, 3.63) is 71.3 Å². The molecule has 0 spiro atoms. The van der Waals surface area contributed by atoms with Crippen LogP contribution in [0.3, 0.4) is 0 Å². The van der Waals surface area contributed by atoms with Crippen LogP contribution in [0.5, 0.6) is 0 Å². The Balaban J connectivity index is 1.76. The van der Waals surface area contributed by atoms with Crippen molar-refractivity contribution in [2.75, 3.05) is 0 Å². The van der Waals surface area contributed by atoms with Gasteiger partial charge in [0.2, 0.25) is 0 Å². The highest BCUT2D eigenvalue weighted by molar-refractivity contribution is 5.26. The number of aliphatic hydroxyl groups is 1. The molecule has 1 atom stereocenters. The van der Waals surface area contributed by atoms with Gasteiger partial charge in [-0.1, -0.05) is 54.6 Å². The average molecular weight is 254 g/mol. The Hall–Kier alpha value is -1.60. The highest BCUT2D eigenvalue weighted by atomic mass is 16.3. The Morgan fingerprint density at radius 2 is 1.63 bits per heavy atom. The smallest absolute Gasteiger partial charge is 0.0580 e. The zero-order valence-electron chi connectivity index (χ0n) is 11.5. The van der Waals surface area contributed by atoms with E-state index in [4.69, 9.17) is 0 Å². The molecular weight excluding hydrogens is 232 g/mol. The van der Waals surface area contributed by atoms with Crippen molar-refractivity contribution in [1.29, 1.82) is 0 Å². The Morgan fingerprint density at radius 1 is 0.947 bits per heavy atom. The van der Waals surface area contributed by atoms with E-state index in [0.717, 1.165) is 25.7 Å². The largest absolute Gasteiger partial charge is 0.393 e. The van der Waals surface area contributed by atoms with Crippen molar-refractivity contribution in [3.8, 4) is 0 Å². The quantitative estimate of drug-likeness (QED) is 0.828. The van der Waals surface area contributed by atoms with Gasteiger partial charge in [0, 0.05) is 0 Å². The standard InChI is InChI=1S/C18H22O/c1-15-8-5-6-12-17(15)14-18(19)13-7-11-16-9-3-2-4-10-16/h2-6,8-10,12,18-19H,7,11,13-14H2,1H3. The number of aryl methyl sites for hydroxylation is 2. The molecule has 0 bridgehead atoms. The van der Waals surface area contributed by atoms with Crippen LogP contribution in [-0.4, -0.2) is 11.2 Å². The minimum absolute atomic E-state index is 0.232. The van der Waals surface area contributed by atoms with Crippen molar-refractivity contribution < 1.29 is 5.11 Å². The molecule has 0 saturated carbocycles. The predicted molar refractivity (Wildman–Crippen MR) is 80.3 cm³/mol. The van der Waals surface area contributed by atoms with Gasteiger partial charge in [-0.25, -0.2) is 0 Å². The molecule has 19 heavy (non-hydrogen) atoms. The number of benzene rings is 2. The van der Waals surface area contributed by atoms with E-state index >= 15 is 0 Å². The second kappa shape index (κ2) is 7.10. The highest BCUT2D eigenvalue weighted by Crippen LogP contribution is 2.13. The first-order valence-corrected chi connectivity index (χ1v) is 7.02. The summed E-state index contributed by atoms with van der Waals surface area (Å²) in [6.07, 6.45) is 3.48. The fourth-order valence-corrected chi connectivity index (χ4v) is 2.38. The molecule has 100 valence electrons. The first-order chi connectivity index (χ1) is 9.25. The molecule has 1 heteroatoms. The van der Waals surface area contributed by atoms with E-state index in [0.29, 0.717) is 0 Å². The monoisotopic (exact) mass is 254 g/mol. The van der Waals surface area contributed by atoms with Crippen molar-refractivity contribution in [1.82, 2.24) is 0 Å². The summed E-state index contributed by atoms with van der Waals surface area (Å²) in [4.78, 5) is 0. The first kappa shape index (κ1) is 13.8. The van der Waals surface area contributed by atoms with Crippen LogP contribution < -0.4 is 0 Å². The van der Waals surface area contributed by atoms with Gasteiger partial charge < -0.3 is 5.11 Å². The van der Waals surface area contributed by atoms with Gasteiger partial charge in [-0.2, -0.15) is 0 Å². The van der Waals surface area contributed by atoms with E-state index in [9.17, 15) is 5.11 Å². The Morgan fingerprint density at radius 3 is 2.37 bits per heavy atom. The minimum atomic E-state index is -0.232. The third-order valence-electron chi connectivity index (χ3n) is 3.56. The van der Waals surface area contributed by atoms with Gasteiger partial charge in [0.1, 0.15) is 0 Å². The third-order valence-corrected chi connectivity index (χ3v) is 3.56. The number of hydrogen-bond donors (Lipinski definition) is 1. The summed E-state index contributed by atoms with van der Waals surface area (Å²) in [5.41, 5.74) is 3.88. The summed E-state index contributed by atoms with van der Waals surface area (Å²) in [5, 5.41) is 10.1. The molecule has 0 aliphatic heterocycles. The topological polar surface area (TPSA) is 20.2 Å². The summed E-state index contributed by atoms with van der Waals surface area (Å²) in [6, 6.07) is 18.8. The zero-order chi connectivity index (χ0) is 13.5. The Bertz CT molecular complexity index is 490. The predicted octanol–water partition coefficient (Wildman–Crippen LogP) is 3.92. The van der Waals surface area contributed by atoms with E-state index in [1.165, 1.54) is 16.7 Å². The minimum Gasteiger partial charge on any atom is -0.393 e. The molecule has 0 aliphatic carbocycles. The summed E-state index contributed by atoms with van der Waals surface area (Å²) in [7, 11) is 0. The van der Waals surface area contributed by atoms with Crippen molar-refractivity contribution in [2.45, 2.75) is 38.7 Å². The fraction of sp³-hybridized carbons (Fsp3) is 0.333. The van der Waals surface area contributed by atoms with Crippen molar-refractivity contribution in [2.24, 2.45) is 0 Å². The van der Waals surface area contributed by atoms with Crippen LogP contribution in [0.2, 0.25) is 0 Å². The van der Waals surface area contributed by atoms with Gasteiger partial charge in [0.05, 0.1) is 6.10 Å². The molecule has 0 saturated heterocycles. The van der Waals surface area contributed by atoms with E-state index in [1.54, 1.807) is 0 Å². The van der Waals surface area contributed by atoms with E-state index < -0.39 is 0 Å². The zero-order valence-corrected chi connectivity index (χ0v) is 11.5. The number of rotatable bonds is 6. The molecule has 0 aromatic heterocycles. The molecule has 1 N–H and O–H groups in total. The molecular formula is C18H22O. The lowest BCUT2D eigenvalue weighted by Gasteiger charge is -2.12. The van der Waals surface area contributed by atoms with Crippen molar-refractivity contribution in [3.63, 3.8) is 0 Å². The van der Waals surface area contributed by atoms with Gasteiger partial charge >= 0.3 is 0 Å². The second-order valence-corrected chi connectivity index (χ2v) is 5.16. The lowest BCUT2D eigenvalue weighted by Crippen LogP contribution is -2.11. The number of hydrogen-bond acceptors (Lipinski definition) is 1. The van der Waals surface area contributed by atoms with Gasteiger partial charge in [0.25, 0.3) is 0 Å². The maximum Gasteiger partial charge on any atom is 0.0580 e. The fourth-order valence-electron chi connectivity index (χ4n) is 2.38. The van der Waals surface area contributed by atoms with Gasteiger partial charge in [-0.15, -0.1) is 0 Å². The highest BCUT2D eigenvalue weighted by Gasteiger charge is 2.07. The number of aliphatic hydroxyl groups excluding tert-OH is 1. The van der Waals surface area contributed by atoms with Crippen molar-refractivity contribution >= 4 is 0 Å². The van der Waals surface area contributed by atoms with Gasteiger partial charge in [0.15, 0.2) is 0 Å². The molecule has 1 unspecified atom stereocenters. The van der Waals surface area contributed by atoms with Crippen LogP contribution in [0.4, 0.5) is 0 Å². The maximum atomic E-state index is 10.1. The normalized spacial score (nSPS) is 12.3. The lowest BCUT2D eigenvalue weighted by atomic mass is 9.98. The first-order valence-electron chi connectivity index (χ1n) is 7.02.